The molecule has 192 valence electrons. The Hall–Kier alpha value is -4.29. The molecule has 3 aliphatic rings. The Kier molecular flexibility index (Phi) is 6.36. The Labute approximate surface area is 210 Å². The smallest absolute Gasteiger partial charge is 0.394 e. The van der Waals surface area contributed by atoms with E-state index in [0.717, 1.165) is 8.96 Å². The lowest BCUT2D eigenvalue weighted by molar-refractivity contribution is -0.360. The van der Waals surface area contributed by atoms with E-state index in [1.54, 1.807) is 48.7 Å². The highest BCUT2D eigenvalue weighted by atomic mass is 19.2. The van der Waals surface area contributed by atoms with Gasteiger partial charge in [-0.1, -0.05) is 0 Å². The van der Waals surface area contributed by atoms with Gasteiger partial charge >= 0.3 is 12.9 Å². The summed E-state index contributed by atoms with van der Waals surface area (Å²) in [6.07, 6.45) is 6.93. The third-order valence-electron chi connectivity index (χ3n) is 6.46. The molecule has 0 spiro atoms. The predicted octanol–water partition coefficient (Wildman–Crippen LogP) is 1.90. The molecule has 3 amide bonds. The van der Waals surface area contributed by atoms with Crippen molar-refractivity contribution in [3.05, 3.63) is 65.4 Å². The van der Waals surface area contributed by atoms with Gasteiger partial charge in [-0.05, 0) is 42.8 Å². The lowest BCUT2D eigenvalue weighted by Gasteiger charge is -2.30. The summed E-state index contributed by atoms with van der Waals surface area (Å²) in [6, 6.07) is 6.70. The zero-order valence-corrected chi connectivity index (χ0v) is 19.8. The van der Waals surface area contributed by atoms with Crippen LogP contribution in [0.1, 0.15) is 49.2 Å². The second-order valence-corrected chi connectivity index (χ2v) is 8.95. The zero-order chi connectivity index (χ0) is 26.2. The number of H-pyrrole nitrogens is 1. The number of nitrogens with zero attached hydrogens (tertiary/aromatic N) is 3. The molecule has 37 heavy (non-hydrogen) atoms. The third kappa shape index (κ3) is 4.64. The van der Waals surface area contributed by atoms with Crippen LogP contribution in [-0.2, 0) is 30.4 Å². The number of nitrogens with one attached hydrogen (secondary N) is 2. The number of carbonyl (C=O) groups is 4. The largest absolute Gasteiger partial charge is 0.737 e. The standard InChI is InChI=1S/C24H24BF2N5O5/c26-25(27)30-16(5-6-17(30)15-18-7-9-20(31(18)25)19-3-1-13-28-19)8-10-21(33)29-14-2-4-24(36)37-32-22(34)11-12-23(32)35/h1,3,5-7,9,13,15,28H,2,4,8,10-12,14H2,(H,29,33). The summed E-state index contributed by atoms with van der Waals surface area (Å²) in [5, 5.41) is 3.13. The molecule has 5 heterocycles. The fourth-order valence-electron chi connectivity index (χ4n) is 4.71. The van der Waals surface area contributed by atoms with Crippen LogP contribution in [0.15, 0.2) is 48.3 Å². The minimum Gasteiger partial charge on any atom is -0.394 e. The van der Waals surface area contributed by atoms with Gasteiger partial charge in [-0.2, -0.15) is 0 Å². The second-order valence-electron chi connectivity index (χ2n) is 8.95. The second kappa shape index (κ2) is 9.64. The number of hydrogen-bond acceptors (Lipinski definition) is 5. The van der Waals surface area contributed by atoms with Crippen LogP contribution in [-0.4, -0.2) is 61.9 Å². The van der Waals surface area contributed by atoms with Crippen molar-refractivity contribution in [2.45, 2.75) is 38.5 Å². The Morgan fingerprint density at radius 1 is 1.11 bits per heavy atom. The van der Waals surface area contributed by atoms with Crippen molar-refractivity contribution in [2.75, 3.05) is 6.54 Å². The molecule has 0 atom stereocenters. The van der Waals surface area contributed by atoms with Gasteiger partial charge in [-0.3, -0.25) is 14.4 Å². The molecular formula is C24H24BF2N5O5. The van der Waals surface area contributed by atoms with Gasteiger partial charge in [0, 0.05) is 62.3 Å². The topological polar surface area (TPSA) is 117 Å². The average Bonchev–Trinajstić information content (AvgIpc) is 3.65. The SMILES string of the molecule is O=C(CCc1ccc2n1[B-](F)(F)[N+]1=C(c3ccc[nH]3)C=CC1=C2)NCCCC(=O)ON1C(=O)CCC1=O. The summed E-state index contributed by atoms with van der Waals surface area (Å²) in [4.78, 5) is 54.8. The highest BCUT2D eigenvalue weighted by molar-refractivity contribution is 6.58. The molecule has 13 heteroatoms. The minimum absolute atomic E-state index is 0.0126. The van der Waals surface area contributed by atoms with E-state index in [2.05, 4.69) is 10.3 Å². The highest BCUT2D eigenvalue weighted by Crippen LogP contribution is 2.33. The molecule has 2 aromatic rings. The van der Waals surface area contributed by atoms with Crippen LogP contribution >= 0.6 is 0 Å². The molecule has 0 aromatic carbocycles. The van der Waals surface area contributed by atoms with Crippen LogP contribution in [0.2, 0.25) is 0 Å². The fourth-order valence-corrected chi connectivity index (χ4v) is 4.71. The van der Waals surface area contributed by atoms with Crippen LogP contribution in [0, 0.1) is 0 Å². The van der Waals surface area contributed by atoms with Crippen molar-refractivity contribution in [3.8, 4) is 0 Å². The monoisotopic (exact) mass is 511 g/mol. The van der Waals surface area contributed by atoms with Gasteiger partial charge < -0.3 is 32.7 Å². The van der Waals surface area contributed by atoms with Crippen molar-refractivity contribution in [2.24, 2.45) is 0 Å². The molecule has 2 aromatic heterocycles. The maximum atomic E-state index is 15.8. The number of rotatable bonds is 9. The summed E-state index contributed by atoms with van der Waals surface area (Å²) >= 11 is 0. The van der Waals surface area contributed by atoms with E-state index in [1.165, 1.54) is 0 Å². The molecule has 2 N–H and O–H groups in total. The Morgan fingerprint density at radius 2 is 1.89 bits per heavy atom. The van der Waals surface area contributed by atoms with Gasteiger partial charge in [-0.15, -0.1) is 5.06 Å². The number of halogens is 2. The minimum atomic E-state index is -4.18. The van der Waals surface area contributed by atoms with E-state index in [0.29, 0.717) is 33.6 Å². The van der Waals surface area contributed by atoms with Crippen molar-refractivity contribution < 1.29 is 37.1 Å². The number of allylic oxidation sites excluding steroid dienone is 2. The molecular weight excluding hydrogens is 487 g/mol. The van der Waals surface area contributed by atoms with Crippen molar-refractivity contribution in [3.63, 3.8) is 0 Å². The Bertz CT molecular complexity index is 1360. The van der Waals surface area contributed by atoms with Crippen LogP contribution in [0.25, 0.3) is 6.08 Å². The molecule has 1 fully saturated rings. The lowest BCUT2D eigenvalue weighted by Crippen LogP contribution is -2.51. The normalized spacial score (nSPS) is 17.7. The van der Waals surface area contributed by atoms with E-state index in [1.807, 2.05) is 0 Å². The van der Waals surface area contributed by atoms with Crippen molar-refractivity contribution >= 4 is 42.4 Å². The first-order valence-corrected chi connectivity index (χ1v) is 12.0. The van der Waals surface area contributed by atoms with E-state index in [9.17, 15) is 19.2 Å². The number of fused-ring (bicyclic) bond motifs is 2. The Balaban J connectivity index is 1.15. The number of aryl methyl sites for hydroxylation is 1. The maximum Gasteiger partial charge on any atom is 0.737 e. The van der Waals surface area contributed by atoms with Gasteiger partial charge in [0.2, 0.25) is 5.91 Å². The molecule has 10 nitrogen and oxygen atoms in total. The van der Waals surface area contributed by atoms with Crippen LogP contribution in [0.3, 0.4) is 0 Å². The first kappa shape index (κ1) is 24.4. The Morgan fingerprint density at radius 3 is 2.62 bits per heavy atom. The van der Waals surface area contributed by atoms with Gasteiger partial charge in [0.25, 0.3) is 11.8 Å². The number of aromatic amines is 1. The molecule has 0 bridgehead atoms. The van der Waals surface area contributed by atoms with Gasteiger partial charge in [0.1, 0.15) is 5.69 Å². The van der Waals surface area contributed by atoms with E-state index in [-0.39, 0.29) is 51.0 Å². The zero-order valence-electron chi connectivity index (χ0n) is 19.8. The predicted molar refractivity (Wildman–Crippen MR) is 128 cm³/mol. The molecule has 3 aliphatic heterocycles. The molecule has 0 radical (unpaired) electrons. The van der Waals surface area contributed by atoms with Gasteiger partial charge in [0.05, 0.1) is 0 Å². The summed E-state index contributed by atoms with van der Waals surface area (Å²) < 4.78 is 33.6. The summed E-state index contributed by atoms with van der Waals surface area (Å²) in [7, 11) is 0. The van der Waals surface area contributed by atoms with E-state index < -0.39 is 24.8 Å². The van der Waals surface area contributed by atoms with Gasteiger partial charge in [0.15, 0.2) is 11.4 Å². The van der Waals surface area contributed by atoms with Crippen molar-refractivity contribution in [1.82, 2.24) is 19.8 Å². The van der Waals surface area contributed by atoms with Crippen LogP contribution in [0.5, 0.6) is 0 Å². The number of hydroxylamine groups is 2. The summed E-state index contributed by atoms with van der Waals surface area (Å²) in [5.41, 5.74) is 2.08. The number of aromatic nitrogens is 2. The van der Waals surface area contributed by atoms with E-state index >= 15 is 8.63 Å². The van der Waals surface area contributed by atoms with E-state index in [4.69, 9.17) is 4.84 Å². The summed E-state index contributed by atoms with van der Waals surface area (Å²) in [5.74, 6) is -2.21. The average molecular weight is 511 g/mol. The molecule has 5 rings (SSSR count). The molecule has 0 unspecified atom stereocenters. The highest BCUT2D eigenvalue weighted by Gasteiger charge is 2.52. The molecule has 0 saturated carbocycles. The maximum absolute atomic E-state index is 15.8. The first-order chi connectivity index (χ1) is 17.8. The summed E-state index contributed by atoms with van der Waals surface area (Å²) in [6.45, 7) is -4.03. The van der Waals surface area contributed by atoms with Crippen LogP contribution < -0.4 is 5.32 Å². The number of hydrogen-bond donors (Lipinski definition) is 2. The van der Waals surface area contributed by atoms with Crippen molar-refractivity contribution in [1.29, 1.82) is 0 Å². The van der Waals surface area contributed by atoms with Crippen LogP contribution in [0.4, 0.5) is 8.63 Å². The lowest BCUT2D eigenvalue weighted by atomic mass is 9.90. The van der Waals surface area contributed by atoms with Gasteiger partial charge in [-0.25, -0.2) is 4.79 Å². The third-order valence-corrected chi connectivity index (χ3v) is 6.46. The number of imide groups is 1. The number of carbonyl (C=O) groups excluding carboxylic acids is 4. The fraction of sp³-hybridized carbons (Fsp3) is 0.292. The first-order valence-electron chi connectivity index (χ1n) is 12.0. The number of amides is 3. The quantitative estimate of drug-likeness (QED) is 0.303. The molecule has 0 aliphatic carbocycles. The molecule has 1 saturated heterocycles.